The van der Waals surface area contributed by atoms with Crippen molar-refractivity contribution in [2.75, 3.05) is 0 Å². The lowest BCUT2D eigenvalue weighted by atomic mass is 10.0. The van der Waals surface area contributed by atoms with Gasteiger partial charge in [0.1, 0.15) is 0 Å². The first-order chi connectivity index (χ1) is 14.9. The van der Waals surface area contributed by atoms with Crippen LogP contribution in [0.2, 0.25) is 0 Å². The van der Waals surface area contributed by atoms with Gasteiger partial charge in [-0.25, -0.2) is 5.43 Å². The van der Waals surface area contributed by atoms with Gasteiger partial charge >= 0.3 is 0 Å². The van der Waals surface area contributed by atoms with Crippen molar-refractivity contribution in [1.82, 2.24) is 9.99 Å². The number of amides is 1. The zero-order chi connectivity index (χ0) is 22.0. The number of hydrazone groups is 1. The number of hydrogen-bond acceptors (Lipinski definition) is 2. The molecule has 4 heteroatoms. The summed E-state index contributed by atoms with van der Waals surface area (Å²) < 4.78 is 2.21. The molecular formula is C27H27N3O. The quantitative estimate of drug-likeness (QED) is 0.341. The molecule has 4 nitrogen and oxygen atoms in total. The normalized spacial score (nSPS) is 11.4. The van der Waals surface area contributed by atoms with Crippen LogP contribution in [-0.2, 0) is 11.2 Å². The van der Waals surface area contributed by atoms with E-state index in [2.05, 4.69) is 79.2 Å². The van der Waals surface area contributed by atoms with Crippen LogP contribution in [0.5, 0.6) is 0 Å². The summed E-state index contributed by atoms with van der Waals surface area (Å²) >= 11 is 0. The number of carbonyl (C=O) groups is 1. The first-order valence-electron chi connectivity index (χ1n) is 10.5. The van der Waals surface area contributed by atoms with E-state index in [4.69, 9.17) is 0 Å². The predicted octanol–water partition coefficient (Wildman–Crippen LogP) is 5.56. The van der Waals surface area contributed by atoms with Crippen LogP contribution < -0.4 is 5.43 Å². The van der Waals surface area contributed by atoms with Crippen molar-refractivity contribution in [1.29, 1.82) is 0 Å². The standard InChI is InChI=1S/C27H27N3O/c1-18-12-13-25(14-19(18)2)30-20(3)15-24(21(30)4)17-28-29-27(31)16-23-10-7-9-22-8-5-6-11-26(22)23/h5-15,17H,16H2,1-4H3,(H,29,31)/b28-17-. The minimum absolute atomic E-state index is 0.129. The molecule has 0 atom stereocenters. The van der Waals surface area contributed by atoms with Crippen LogP contribution in [0.4, 0.5) is 0 Å². The summed E-state index contributed by atoms with van der Waals surface area (Å²) in [6, 6.07) is 22.7. The van der Waals surface area contributed by atoms with Gasteiger partial charge in [0, 0.05) is 22.6 Å². The minimum Gasteiger partial charge on any atom is -0.318 e. The number of hydrogen-bond donors (Lipinski definition) is 1. The first-order valence-corrected chi connectivity index (χ1v) is 10.5. The Labute approximate surface area is 183 Å². The van der Waals surface area contributed by atoms with Crippen LogP contribution in [0.15, 0.2) is 71.8 Å². The molecule has 0 bridgehead atoms. The van der Waals surface area contributed by atoms with Crippen LogP contribution in [0.25, 0.3) is 16.5 Å². The van der Waals surface area contributed by atoms with Gasteiger partial charge in [-0.2, -0.15) is 5.10 Å². The summed E-state index contributed by atoms with van der Waals surface area (Å²) in [5.74, 6) is -0.129. The van der Waals surface area contributed by atoms with E-state index in [0.717, 1.165) is 39.0 Å². The summed E-state index contributed by atoms with van der Waals surface area (Å²) in [5.41, 5.74) is 10.6. The summed E-state index contributed by atoms with van der Waals surface area (Å²) in [4.78, 5) is 12.5. The Morgan fingerprint density at radius 1 is 0.935 bits per heavy atom. The lowest BCUT2D eigenvalue weighted by molar-refractivity contribution is -0.120. The molecule has 0 radical (unpaired) electrons. The average molecular weight is 410 g/mol. The van der Waals surface area contributed by atoms with Crippen LogP contribution in [0.3, 0.4) is 0 Å². The summed E-state index contributed by atoms with van der Waals surface area (Å²) in [6.07, 6.45) is 2.02. The molecule has 4 aromatic rings. The number of aryl methyl sites for hydroxylation is 3. The van der Waals surface area contributed by atoms with Crippen molar-refractivity contribution in [3.8, 4) is 5.69 Å². The molecule has 1 N–H and O–H groups in total. The van der Waals surface area contributed by atoms with E-state index in [9.17, 15) is 4.79 Å². The topological polar surface area (TPSA) is 46.4 Å². The van der Waals surface area contributed by atoms with Crippen molar-refractivity contribution >= 4 is 22.9 Å². The number of carbonyl (C=O) groups excluding carboxylic acids is 1. The third-order valence-corrected chi connectivity index (χ3v) is 5.84. The van der Waals surface area contributed by atoms with E-state index in [1.54, 1.807) is 6.21 Å². The fourth-order valence-electron chi connectivity index (χ4n) is 4.01. The second kappa shape index (κ2) is 8.60. The van der Waals surface area contributed by atoms with E-state index in [-0.39, 0.29) is 5.91 Å². The Kier molecular flexibility index (Phi) is 5.72. The fraction of sp³-hybridized carbons (Fsp3) is 0.185. The lowest BCUT2D eigenvalue weighted by Crippen LogP contribution is -2.19. The predicted molar refractivity (Wildman–Crippen MR) is 128 cm³/mol. The molecule has 0 saturated heterocycles. The van der Waals surface area contributed by atoms with Crippen LogP contribution in [0, 0.1) is 27.7 Å². The molecule has 4 rings (SSSR count). The van der Waals surface area contributed by atoms with Gasteiger partial charge in [-0.15, -0.1) is 0 Å². The van der Waals surface area contributed by atoms with Gasteiger partial charge in [-0.3, -0.25) is 4.79 Å². The Balaban J connectivity index is 1.49. The first kappa shape index (κ1) is 20.6. The van der Waals surface area contributed by atoms with Crippen molar-refractivity contribution in [2.45, 2.75) is 34.1 Å². The number of nitrogens with one attached hydrogen (secondary N) is 1. The van der Waals surface area contributed by atoms with Gasteiger partial charge < -0.3 is 4.57 Å². The Morgan fingerprint density at radius 3 is 2.52 bits per heavy atom. The highest BCUT2D eigenvalue weighted by atomic mass is 16.2. The van der Waals surface area contributed by atoms with Gasteiger partial charge in [0.05, 0.1) is 12.6 Å². The monoisotopic (exact) mass is 409 g/mol. The minimum atomic E-state index is -0.129. The zero-order valence-electron chi connectivity index (χ0n) is 18.4. The maximum atomic E-state index is 12.5. The van der Waals surface area contributed by atoms with E-state index in [0.29, 0.717) is 6.42 Å². The van der Waals surface area contributed by atoms with Crippen LogP contribution in [0.1, 0.15) is 33.6 Å². The molecule has 0 aliphatic heterocycles. The lowest BCUT2D eigenvalue weighted by Gasteiger charge is -2.11. The molecule has 1 heterocycles. The van der Waals surface area contributed by atoms with Crippen molar-refractivity contribution in [3.05, 3.63) is 100 Å². The molecule has 3 aromatic carbocycles. The Hall–Kier alpha value is -3.66. The molecule has 0 spiro atoms. The van der Waals surface area contributed by atoms with E-state index >= 15 is 0 Å². The number of benzene rings is 3. The highest BCUT2D eigenvalue weighted by molar-refractivity contribution is 5.90. The molecule has 0 aliphatic carbocycles. The largest absolute Gasteiger partial charge is 0.318 e. The average Bonchev–Trinajstić information content (AvgIpc) is 3.03. The third-order valence-electron chi connectivity index (χ3n) is 5.84. The SMILES string of the molecule is Cc1ccc(-n2c(C)cc(/C=N\NC(=O)Cc3cccc4ccccc34)c2C)cc1C. The summed E-state index contributed by atoms with van der Waals surface area (Å²) in [7, 11) is 0. The smallest absolute Gasteiger partial charge is 0.244 e. The number of fused-ring (bicyclic) bond motifs is 1. The van der Waals surface area contributed by atoms with Crippen molar-refractivity contribution < 1.29 is 4.79 Å². The molecule has 0 saturated carbocycles. The second-order valence-corrected chi connectivity index (χ2v) is 8.04. The zero-order valence-corrected chi connectivity index (χ0v) is 18.4. The van der Waals surface area contributed by atoms with Crippen LogP contribution >= 0.6 is 0 Å². The molecule has 156 valence electrons. The number of aromatic nitrogens is 1. The van der Waals surface area contributed by atoms with Gasteiger partial charge in [0.2, 0.25) is 5.91 Å². The molecular weight excluding hydrogens is 382 g/mol. The fourth-order valence-corrected chi connectivity index (χ4v) is 4.01. The Morgan fingerprint density at radius 2 is 1.71 bits per heavy atom. The van der Waals surface area contributed by atoms with E-state index in [1.807, 2.05) is 30.3 Å². The Bertz CT molecular complexity index is 1290. The van der Waals surface area contributed by atoms with E-state index in [1.165, 1.54) is 11.1 Å². The summed E-state index contributed by atoms with van der Waals surface area (Å²) in [5, 5.41) is 6.45. The van der Waals surface area contributed by atoms with Gasteiger partial charge in [0.25, 0.3) is 0 Å². The second-order valence-electron chi connectivity index (χ2n) is 8.04. The summed E-state index contributed by atoms with van der Waals surface area (Å²) in [6.45, 7) is 8.40. The van der Waals surface area contributed by atoms with Crippen molar-refractivity contribution in [2.24, 2.45) is 5.10 Å². The molecule has 0 aliphatic rings. The molecule has 0 fully saturated rings. The van der Waals surface area contributed by atoms with Crippen LogP contribution in [-0.4, -0.2) is 16.7 Å². The highest BCUT2D eigenvalue weighted by Crippen LogP contribution is 2.22. The maximum absolute atomic E-state index is 12.5. The van der Waals surface area contributed by atoms with Crippen molar-refractivity contribution in [3.63, 3.8) is 0 Å². The van der Waals surface area contributed by atoms with Gasteiger partial charge in [0.15, 0.2) is 0 Å². The molecule has 1 aromatic heterocycles. The highest BCUT2D eigenvalue weighted by Gasteiger charge is 2.11. The van der Waals surface area contributed by atoms with Gasteiger partial charge in [-0.1, -0.05) is 48.5 Å². The maximum Gasteiger partial charge on any atom is 0.244 e. The van der Waals surface area contributed by atoms with Gasteiger partial charge in [-0.05, 0) is 73.4 Å². The van der Waals surface area contributed by atoms with E-state index < -0.39 is 0 Å². The molecule has 31 heavy (non-hydrogen) atoms. The molecule has 0 unspecified atom stereocenters. The number of nitrogens with zero attached hydrogens (tertiary/aromatic N) is 2. The third kappa shape index (κ3) is 4.29. The molecule has 1 amide bonds. The number of rotatable bonds is 5.